The Kier molecular flexibility index (Phi) is 5.35. The predicted octanol–water partition coefficient (Wildman–Crippen LogP) is 4.42. The minimum absolute atomic E-state index is 0.212. The molecule has 3 aromatic rings. The Hall–Kier alpha value is -3.48. The SMILES string of the molecule is CCOC(=O)c1cccc2c1C(=O)C(c1ncc(CC)[nH]1)C(c1ccc(F)cc1)N2. The summed E-state index contributed by atoms with van der Waals surface area (Å²) in [5.74, 6) is -1.34. The van der Waals surface area contributed by atoms with Gasteiger partial charge in [0.2, 0.25) is 0 Å². The number of hydrogen-bond acceptors (Lipinski definition) is 5. The van der Waals surface area contributed by atoms with Crippen LogP contribution >= 0.6 is 0 Å². The molecule has 30 heavy (non-hydrogen) atoms. The standard InChI is InChI=1S/C23H22FN3O3/c1-3-15-12-25-22(26-15)19-20(13-8-10-14(24)11-9-13)27-17-7-5-6-16(18(17)21(19)28)23(29)30-4-2/h5-12,19-20,27H,3-4H2,1-2H3,(H,25,26). The van der Waals surface area contributed by atoms with Crippen molar-refractivity contribution in [2.45, 2.75) is 32.2 Å². The van der Waals surface area contributed by atoms with Gasteiger partial charge in [-0.2, -0.15) is 0 Å². The van der Waals surface area contributed by atoms with Crippen LogP contribution < -0.4 is 5.32 Å². The number of fused-ring (bicyclic) bond motifs is 1. The highest BCUT2D eigenvalue weighted by molar-refractivity contribution is 6.14. The third-order valence-electron chi connectivity index (χ3n) is 5.29. The fraction of sp³-hybridized carbons (Fsp3) is 0.261. The number of ketones is 1. The molecule has 4 rings (SSSR count). The van der Waals surface area contributed by atoms with Crippen molar-refractivity contribution in [2.75, 3.05) is 11.9 Å². The number of esters is 1. The molecule has 0 amide bonds. The maximum atomic E-state index is 13.7. The molecule has 1 aliphatic rings. The third kappa shape index (κ3) is 3.47. The van der Waals surface area contributed by atoms with Crippen LogP contribution in [0.5, 0.6) is 0 Å². The van der Waals surface area contributed by atoms with Crippen LogP contribution in [0.4, 0.5) is 10.1 Å². The highest BCUT2D eigenvalue weighted by Gasteiger charge is 2.41. The van der Waals surface area contributed by atoms with Crippen LogP contribution in [0.1, 0.15) is 63.6 Å². The number of aromatic amines is 1. The number of H-pyrrole nitrogens is 1. The number of carbonyl (C=O) groups is 2. The van der Waals surface area contributed by atoms with Crippen LogP contribution in [0.3, 0.4) is 0 Å². The second-order valence-corrected chi connectivity index (χ2v) is 7.11. The largest absolute Gasteiger partial charge is 0.462 e. The minimum atomic E-state index is -0.709. The minimum Gasteiger partial charge on any atom is -0.462 e. The van der Waals surface area contributed by atoms with Gasteiger partial charge in [-0.05, 0) is 43.2 Å². The quantitative estimate of drug-likeness (QED) is 0.612. The summed E-state index contributed by atoms with van der Waals surface area (Å²) in [6, 6.07) is 10.6. The second kappa shape index (κ2) is 8.10. The van der Waals surface area contributed by atoms with Crippen LogP contribution in [-0.2, 0) is 11.2 Å². The van der Waals surface area contributed by atoms with E-state index in [1.807, 2.05) is 6.92 Å². The number of anilines is 1. The summed E-state index contributed by atoms with van der Waals surface area (Å²) in [4.78, 5) is 33.8. The first-order valence-electron chi connectivity index (χ1n) is 9.93. The van der Waals surface area contributed by atoms with Gasteiger partial charge >= 0.3 is 5.97 Å². The molecule has 6 nitrogen and oxygen atoms in total. The lowest BCUT2D eigenvalue weighted by Gasteiger charge is -2.33. The molecule has 1 aromatic heterocycles. The molecular weight excluding hydrogens is 385 g/mol. The number of hydrogen-bond donors (Lipinski definition) is 2. The van der Waals surface area contributed by atoms with E-state index < -0.39 is 17.9 Å². The zero-order valence-corrected chi connectivity index (χ0v) is 16.7. The highest BCUT2D eigenvalue weighted by Crippen LogP contribution is 2.42. The molecule has 1 aliphatic heterocycles. The van der Waals surface area contributed by atoms with Crippen molar-refractivity contribution in [1.29, 1.82) is 0 Å². The van der Waals surface area contributed by atoms with E-state index in [2.05, 4.69) is 15.3 Å². The lowest BCUT2D eigenvalue weighted by Crippen LogP contribution is -2.34. The Labute approximate surface area is 173 Å². The number of aromatic nitrogens is 2. The normalized spacial score (nSPS) is 17.9. The van der Waals surface area contributed by atoms with E-state index >= 15 is 0 Å². The van der Waals surface area contributed by atoms with Crippen molar-refractivity contribution in [1.82, 2.24) is 9.97 Å². The maximum Gasteiger partial charge on any atom is 0.338 e. The van der Waals surface area contributed by atoms with Gasteiger partial charge in [0.25, 0.3) is 0 Å². The van der Waals surface area contributed by atoms with Crippen LogP contribution in [0, 0.1) is 5.82 Å². The van der Waals surface area contributed by atoms with E-state index in [4.69, 9.17) is 4.74 Å². The Morgan fingerprint density at radius 2 is 1.93 bits per heavy atom. The molecule has 2 N–H and O–H groups in total. The molecule has 0 saturated carbocycles. The van der Waals surface area contributed by atoms with Crippen LogP contribution in [-0.4, -0.2) is 28.3 Å². The van der Waals surface area contributed by atoms with Gasteiger partial charge in [-0.3, -0.25) is 4.79 Å². The Balaban J connectivity index is 1.86. The summed E-state index contributed by atoms with van der Waals surface area (Å²) in [6.45, 7) is 3.92. The number of nitrogens with one attached hydrogen (secondary N) is 2. The molecule has 2 unspecified atom stereocenters. The fourth-order valence-electron chi connectivity index (χ4n) is 3.82. The highest BCUT2D eigenvalue weighted by atomic mass is 19.1. The van der Waals surface area contributed by atoms with E-state index in [9.17, 15) is 14.0 Å². The number of aryl methyl sites for hydroxylation is 1. The van der Waals surface area contributed by atoms with Gasteiger partial charge in [0.05, 0.1) is 23.8 Å². The van der Waals surface area contributed by atoms with Gasteiger partial charge in [0, 0.05) is 17.6 Å². The Morgan fingerprint density at radius 3 is 2.60 bits per heavy atom. The molecule has 2 aromatic carbocycles. The predicted molar refractivity (Wildman–Crippen MR) is 110 cm³/mol. The van der Waals surface area contributed by atoms with Crippen LogP contribution in [0.2, 0.25) is 0 Å². The van der Waals surface area contributed by atoms with Crippen LogP contribution in [0.25, 0.3) is 0 Å². The number of carbonyl (C=O) groups excluding carboxylic acids is 2. The molecule has 0 bridgehead atoms. The van der Waals surface area contributed by atoms with E-state index in [0.717, 1.165) is 17.7 Å². The molecule has 2 atom stereocenters. The summed E-state index contributed by atoms with van der Waals surface area (Å²) >= 11 is 0. The topological polar surface area (TPSA) is 84.1 Å². The number of benzene rings is 2. The molecule has 0 radical (unpaired) electrons. The zero-order valence-electron chi connectivity index (χ0n) is 16.7. The number of nitrogens with zero attached hydrogens (tertiary/aromatic N) is 1. The van der Waals surface area contributed by atoms with E-state index in [-0.39, 0.29) is 29.3 Å². The van der Waals surface area contributed by atoms with Gasteiger partial charge in [-0.15, -0.1) is 0 Å². The molecule has 0 fully saturated rings. The number of halogens is 1. The lowest BCUT2D eigenvalue weighted by atomic mass is 9.80. The number of rotatable bonds is 5. The van der Waals surface area contributed by atoms with Crippen molar-refractivity contribution in [2.24, 2.45) is 0 Å². The maximum absolute atomic E-state index is 13.7. The Morgan fingerprint density at radius 1 is 1.17 bits per heavy atom. The summed E-state index contributed by atoms with van der Waals surface area (Å²) in [6.07, 6.45) is 2.45. The molecule has 7 heteroatoms. The summed E-state index contributed by atoms with van der Waals surface area (Å²) < 4.78 is 18.6. The molecule has 154 valence electrons. The van der Waals surface area contributed by atoms with Crippen molar-refractivity contribution >= 4 is 17.4 Å². The fourth-order valence-corrected chi connectivity index (χ4v) is 3.82. The molecule has 2 heterocycles. The van der Waals surface area contributed by atoms with Crippen molar-refractivity contribution in [3.05, 3.63) is 82.7 Å². The number of Topliss-reactive ketones (excluding diaryl/α,β-unsaturated/α-hetero) is 1. The van der Waals surface area contributed by atoms with Crippen LogP contribution in [0.15, 0.2) is 48.7 Å². The van der Waals surface area contributed by atoms with Gasteiger partial charge in [0.1, 0.15) is 17.6 Å². The van der Waals surface area contributed by atoms with Gasteiger partial charge in [-0.25, -0.2) is 14.2 Å². The van der Waals surface area contributed by atoms with Crippen molar-refractivity contribution in [3.8, 4) is 0 Å². The van der Waals surface area contributed by atoms with Gasteiger partial charge in [0.15, 0.2) is 5.78 Å². The lowest BCUT2D eigenvalue weighted by molar-refractivity contribution is 0.0522. The second-order valence-electron chi connectivity index (χ2n) is 7.11. The first-order chi connectivity index (χ1) is 14.5. The number of ether oxygens (including phenoxy) is 1. The van der Waals surface area contributed by atoms with Gasteiger partial charge < -0.3 is 15.0 Å². The zero-order chi connectivity index (χ0) is 21.3. The van der Waals surface area contributed by atoms with Crippen molar-refractivity contribution < 1.29 is 18.7 Å². The molecular formula is C23H22FN3O3. The third-order valence-corrected chi connectivity index (χ3v) is 5.29. The first-order valence-corrected chi connectivity index (χ1v) is 9.93. The molecule has 0 spiro atoms. The summed E-state index contributed by atoms with van der Waals surface area (Å²) in [5, 5.41) is 3.37. The van der Waals surface area contributed by atoms with E-state index in [1.54, 1.807) is 43.5 Å². The average Bonchev–Trinajstić information content (AvgIpc) is 3.22. The molecule has 0 aliphatic carbocycles. The Bertz CT molecular complexity index is 1090. The first kappa shape index (κ1) is 19.8. The average molecular weight is 407 g/mol. The van der Waals surface area contributed by atoms with Gasteiger partial charge in [-0.1, -0.05) is 25.1 Å². The summed E-state index contributed by atoms with van der Waals surface area (Å²) in [5.41, 5.74) is 2.69. The monoisotopic (exact) mass is 407 g/mol. The molecule has 0 saturated heterocycles. The van der Waals surface area contributed by atoms with Crippen molar-refractivity contribution in [3.63, 3.8) is 0 Å². The number of imidazole rings is 1. The summed E-state index contributed by atoms with van der Waals surface area (Å²) in [7, 11) is 0. The smallest absolute Gasteiger partial charge is 0.338 e. The van der Waals surface area contributed by atoms with E-state index in [1.165, 1.54) is 12.1 Å². The van der Waals surface area contributed by atoms with E-state index in [0.29, 0.717) is 11.5 Å².